The number of allylic oxidation sites excluding steroid dienone is 4. The molecule has 27 heavy (non-hydrogen) atoms. The monoisotopic (exact) mass is 388 g/mol. The van der Waals surface area contributed by atoms with Crippen LogP contribution in [0.2, 0.25) is 0 Å². The molecular formula is C23H36N2OS. The summed E-state index contributed by atoms with van der Waals surface area (Å²) in [6.45, 7) is 2.24. The Morgan fingerprint density at radius 3 is 2.30 bits per heavy atom. The number of carbonyl (C=O) groups excluding carboxylic acids is 1. The van der Waals surface area contributed by atoms with Gasteiger partial charge in [-0.15, -0.1) is 0 Å². The minimum absolute atomic E-state index is 0.0752. The zero-order valence-electron chi connectivity index (χ0n) is 16.8. The van der Waals surface area contributed by atoms with Crippen molar-refractivity contribution in [3.05, 3.63) is 47.3 Å². The number of anilines is 1. The van der Waals surface area contributed by atoms with Crippen LogP contribution in [0, 0.1) is 4.64 Å². The highest BCUT2D eigenvalue weighted by Gasteiger charge is 2.01. The van der Waals surface area contributed by atoms with Gasteiger partial charge in [0.15, 0.2) is 0 Å². The Kier molecular flexibility index (Phi) is 14.3. The summed E-state index contributed by atoms with van der Waals surface area (Å²) < 4.78 is 0.668. The SMILES string of the molecule is CCCCC/C=C\C/C=C\CCCCCCCC(=O)Nc1ccc(=S)[nH]c1. The smallest absolute Gasteiger partial charge is 0.224 e. The third kappa shape index (κ3) is 14.1. The van der Waals surface area contributed by atoms with Crippen LogP contribution in [0.3, 0.4) is 0 Å². The first-order valence-electron chi connectivity index (χ1n) is 10.5. The van der Waals surface area contributed by atoms with Gasteiger partial charge in [-0.25, -0.2) is 0 Å². The number of aromatic nitrogens is 1. The summed E-state index contributed by atoms with van der Waals surface area (Å²) in [5.74, 6) is 0.0752. The molecule has 2 N–H and O–H groups in total. The highest BCUT2D eigenvalue weighted by molar-refractivity contribution is 7.71. The third-order valence-electron chi connectivity index (χ3n) is 4.42. The molecule has 0 unspecified atom stereocenters. The van der Waals surface area contributed by atoms with Gasteiger partial charge in [0.25, 0.3) is 0 Å². The van der Waals surface area contributed by atoms with Crippen LogP contribution < -0.4 is 5.32 Å². The summed E-state index contributed by atoms with van der Waals surface area (Å²) in [5, 5.41) is 2.89. The Morgan fingerprint density at radius 2 is 1.63 bits per heavy atom. The minimum Gasteiger partial charge on any atom is -0.351 e. The summed E-state index contributed by atoms with van der Waals surface area (Å²) >= 11 is 4.98. The van der Waals surface area contributed by atoms with Gasteiger partial charge in [-0.05, 0) is 50.7 Å². The van der Waals surface area contributed by atoms with Crippen LogP contribution in [-0.2, 0) is 4.79 Å². The van der Waals surface area contributed by atoms with Crippen LogP contribution >= 0.6 is 12.2 Å². The van der Waals surface area contributed by atoms with E-state index in [1.54, 1.807) is 12.3 Å². The average Bonchev–Trinajstić information content (AvgIpc) is 2.66. The number of aromatic amines is 1. The van der Waals surface area contributed by atoms with Gasteiger partial charge in [0, 0.05) is 12.6 Å². The number of pyridine rings is 1. The van der Waals surface area contributed by atoms with Gasteiger partial charge in [0.05, 0.1) is 5.69 Å². The van der Waals surface area contributed by atoms with Crippen molar-refractivity contribution in [1.82, 2.24) is 4.98 Å². The fourth-order valence-corrected chi connectivity index (χ4v) is 2.94. The van der Waals surface area contributed by atoms with Crippen molar-refractivity contribution in [1.29, 1.82) is 0 Å². The van der Waals surface area contributed by atoms with Gasteiger partial charge in [0.1, 0.15) is 4.64 Å². The van der Waals surface area contributed by atoms with Crippen LogP contribution in [0.4, 0.5) is 5.69 Å². The molecule has 1 aromatic heterocycles. The van der Waals surface area contributed by atoms with Gasteiger partial charge in [-0.2, -0.15) is 0 Å². The number of hydrogen-bond donors (Lipinski definition) is 2. The normalized spacial score (nSPS) is 11.4. The lowest BCUT2D eigenvalue weighted by molar-refractivity contribution is -0.116. The molecule has 3 nitrogen and oxygen atoms in total. The molecule has 0 aromatic carbocycles. The third-order valence-corrected chi connectivity index (χ3v) is 4.68. The van der Waals surface area contributed by atoms with E-state index in [1.165, 1.54) is 51.4 Å². The van der Waals surface area contributed by atoms with Crippen molar-refractivity contribution >= 4 is 23.8 Å². The fourth-order valence-electron chi connectivity index (χ4n) is 2.81. The van der Waals surface area contributed by atoms with E-state index in [9.17, 15) is 4.79 Å². The maximum absolute atomic E-state index is 11.9. The molecule has 1 aromatic rings. The van der Waals surface area contributed by atoms with E-state index < -0.39 is 0 Å². The zero-order valence-corrected chi connectivity index (χ0v) is 17.7. The van der Waals surface area contributed by atoms with Gasteiger partial charge >= 0.3 is 0 Å². The molecule has 0 saturated heterocycles. The first-order chi connectivity index (χ1) is 13.2. The van der Waals surface area contributed by atoms with E-state index in [-0.39, 0.29) is 5.91 Å². The Hall–Kier alpha value is -1.68. The highest BCUT2D eigenvalue weighted by Crippen LogP contribution is 2.10. The van der Waals surface area contributed by atoms with E-state index in [1.807, 2.05) is 6.07 Å². The molecule has 0 spiro atoms. The summed E-state index contributed by atoms with van der Waals surface area (Å²) in [5.41, 5.74) is 0.774. The first-order valence-corrected chi connectivity index (χ1v) is 10.9. The van der Waals surface area contributed by atoms with Gasteiger partial charge in [-0.1, -0.05) is 75.5 Å². The summed E-state index contributed by atoms with van der Waals surface area (Å²) in [4.78, 5) is 14.8. The van der Waals surface area contributed by atoms with Crippen LogP contribution in [0.1, 0.15) is 84.0 Å². The average molecular weight is 389 g/mol. The lowest BCUT2D eigenvalue weighted by Crippen LogP contribution is -2.11. The number of hydrogen-bond acceptors (Lipinski definition) is 2. The summed E-state index contributed by atoms with van der Waals surface area (Å²) in [7, 11) is 0. The van der Waals surface area contributed by atoms with Crippen LogP contribution in [0.15, 0.2) is 42.6 Å². The molecule has 0 fully saturated rings. The molecule has 1 rings (SSSR count). The number of rotatable bonds is 15. The number of nitrogens with one attached hydrogen (secondary N) is 2. The van der Waals surface area contributed by atoms with E-state index in [2.05, 4.69) is 41.5 Å². The molecule has 1 amide bonds. The molecule has 0 aliphatic rings. The molecular weight excluding hydrogens is 352 g/mol. The first kappa shape index (κ1) is 23.4. The standard InChI is InChI=1S/C23H36N2OS/c1-2-3-4-5-6-7-8-9-10-11-12-13-14-15-16-17-22(26)25-21-18-19-23(27)24-20-21/h6-7,9-10,18-20H,2-5,8,11-17H2,1H3,(H,24,27)(H,25,26)/b7-6-,10-9-. The quantitative estimate of drug-likeness (QED) is 0.186. The Labute approximate surface area is 170 Å². The van der Waals surface area contributed by atoms with Crippen molar-refractivity contribution in [2.45, 2.75) is 84.0 Å². The van der Waals surface area contributed by atoms with Crippen LogP contribution in [0.25, 0.3) is 0 Å². The number of unbranched alkanes of at least 4 members (excludes halogenated alkanes) is 8. The second-order valence-corrected chi connectivity index (χ2v) is 7.41. The van der Waals surface area contributed by atoms with Crippen molar-refractivity contribution in [2.75, 3.05) is 5.32 Å². The molecule has 4 heteroatoms. The molecule has 0 bridgehead atoms. The van der Waals surface area contributed by atoms with Gasteiger partial charge < -0.3 is 10.3 Å². The van der Waals surface area contributed by atoms with Crippen LogP contribution in [-0.4, -0.2) is 10.9 Å². The number of carbonyl (C=O) groups is 1. The zero-order chi connectivity index (χ0) is 19.6. The van der Waals surface area contributed by atoms with Gasteiger partial charge in [0.2, 0.25) is 5.91 Å². The Bertz CT molecular complexity index is 599. The predicted octanol–water partition coefficient (Wildman–Crippen LogP) is 7.50. The lowest BCUT2D eigenvalue weighted by Gasteiger charge is -2.04. The molecule has 0 aliphatic heterocycles. The highest BCUT2D eigenvalue weighted by atomic mass is 32.1. The lowest BCUT2D eigenvalue weighted by atomic mass is 10.1. The Balaban J connectivity index is 1.91. The van der Waals surface area contributed by atoms with Crippen molar-refractivity contribution in [2.24, 2.45) is 0 Å². The van der Waals surface area contributed by atoms with Crippen molar-refractivity contribution in [3.8, 4) is 0 Å². The molecule has 0 saturated carbocycles. The molecule has 0 aliphatic carbocycles. The number of amides is 1. The minimum atomic E-state index is 0.0752. The predicted molar refractivity (Wildman–Crippen MR) is 120 cm³/mol. The molecule has 1 heterocycles. The second kappa shape index (κ2) is 16.5. The maximum atomic E-state index is 11.9. The van der Waals surface area contributed by atoms with Crippen molar-refractivity contribution < 1.29 is 4.79 Å². The molecule has 150 valence electrons. The second-order valence-electron chi connectivity index (χ2n) is 6.97. The van der Waals surface area contributed by atoms with Gasteiger partial charge in [-0.3, -0.25) is 4.79 Å². The van der Waals surface area contributed by atoms with Crippen molar-refractivity contribution in [3.63, 3.8) is 0 Å². The Morgan fingerprint density at radius 1 is 0.963 bits per heavy atom. The fraction of sp³-hybridized carbons (Fsp3) is 0.565. The van der Waals surface area contributed by atoms with E-state index >= 15 is 0 Å². The van der Waals surface area contributed by atoms with Crippen LogP contribution in [0.5, 0.6) is 0 Å². The largest absolute Gasteiger partial charge is 0.351 e. The number of H-pyrrole nitrogens is 1. The van der Waals surface area contributed by atoms with E-state index in [0.717, 1.165) is 24.9 Å². The van der Waals surface area contributed by atoms with E-state index in [4.69, 9.17) is 12.2 Å². The molecule has 0 radical (unpaired) electrons. The summed E-state index contributed by atoms with van der Waals surface area (Å²) in [6.07, 6.45) is 24.6. The topological polar surface area (TPSA) is 44.9 Å². The molecule has 0 atom stereocenters. The maximum Gasteiger partial charge on any atom is 0.224 e. The summed E-state index contributed by atoms with van der Waals surface area (Å²) in [6, 6.07) is 3.61. The van der Waals surface area contributed by atoms with E-state index in [0.29, 0.717) is 11.1 Å².